The summed E-state index contributed by atoms with van der Waals surface area (Å²) in [6.45, 7) is 4.57. The van der Waals surface area contributed by atoms with E-state index in [0.29, 0.717) is 23.3 Å². The van der Waals surface area contributed by atoms with Crippen LogP contribution < -0.4 is 4.90 Å². The number of carbonyl (C=O) groups is 1. The van der Waals surface area contributed by atoms with E-state index in [4.69, 9.17) is 0 Å². The fourth-order valence-electron chi connectivity index (χ4n) is 3.13. The number of thioether (sulfide) groups is 1. The Hall–Kier alpha value is -2.67. The number of aromatic nitrogens is 3. The second-order valence-electron chi connectivity index (χ2n) is 6.51. The molecular formula is C20H19FN4OS. The number of fused-ring (bicyclic) bond motifs is 1. The molecule has 2 heterocycles. The van der Waals surface area contributed by atoms with E-state index >= 15 is 0 Å². The molecule has 138 valence electrons. The van der Waals surface area contributed by atoms with Gasteiger partial charge in [0.1, 0.15) is 11.6 Å². The average molecular weight is 382 g/mol. The molecule has 1 aromatic heterocycles. The van der Waals surface area contributed by atoms with Crippen LogP contribution in [0.3, 0.4) is 0 Å². The highest BCUT2D eigenvalue weighted by molar-refractivity contribution is 8.00. The molecule has 0 bridgehead atoms. The lowest BCUT2D eigenvalue weighted by Gasteiger charge is -2.20. The third-order valence-corrected chi connectivity index (χ3v) is 5.76. The first-order valence-corrected chi connectivity index (χ1v) is 9.68. The minimum atomic E-state index is -0.319. The molecule has 0 saturated heterocycles. The van der Waals surface area contributed by atoms with Gasteiger partial charge in [0.15, 0.2) is 0 Å². The highest BCUT2D eigenvalue weighted by Crippen LogP contribution is 2.37. The highest BCUT2D eigenvalue weighted by Gasteiger charge is 2.28. The smallest absolute Gasteiger partial charge is 0.297 e. The maximum absolute atomic E-state index is 13.2. The maximum Gasteiger partial charge on any atom is 0.297 e. The van der Waals surface area contributed by atoms with Gasteiger partial charge in [-0.3, -0.25) is 4.79 Å². The van der Waals surface area contributed by atoms with E-state index in [9.17, 15) is 9.18 Å². The van der Waals surface area contributed by atoms with Crippen molar-refractivity contribution >= 4 is 23.4 Å². The molecule has 1 aliphatic rings. The summed E-state index contributed by atoms with van der Waals surface area (Å²) in [5, 5.41) is 4.82. The summed E-state index contributed by atoms with van der Waals surface area (Å²) in [6.07, 6.45) is 0.892. The number of rotatable bonds is 2. The van der Waals surface area contributed by atoms with Gasteiger partial charge in [-0.25, -0.2) is 14.1 Å². The normalized spacial score (nSPS) is 16.7. The molecule has 27 heavy (non-hydrogen) atoms. The van der Waals surface area contributed by atoms with Gasteiger partial charge in [0.2, 0.25) is 5.82 Å². The van der Waals surface area contributed by atoms with Crippen molar-refractivity contribution in [3.8, 4) is 5.69 Å². The molecule has 0 radical (unpaired) electrons. The van der Waals surface area contributed by atoms with Gasteiger partial charge in [0, 0.05) is 16.7 Å². The molecule has 1 atom stereocenters. The molecule has 0 fully saturated rings. The van der Waals surface area contributed by atoms with Gasteiger partial charge in [0.25, 0.3) is 5.91 Å². The first-order chi connectivity index (χ1) is 13.0. The number of halogens is 1. The number of carbonyl (C=O) groups excluding carboxylic acids is 1. The number of aryl methyl sites for hydroxylation is 1. The summed E-state index contributed by atoms with van der Waals surface area (Å²) in [5.74, 6) is 0.184. The van der Waals surface area contributed by atoms with E-state index in [-0.39, 0.29) is 17.5 Å². The van der Waals surface area contributed by atoms with Gasteiger partial charge in [-0.2, -0.15) is 0 Å². The second kappa shape index (κ2) is 7.15. The lowest BCUT2D eigenvalue weighted by atomic mass is 10.2. The van der Waals surface area contributed by atoms with Crippen molar-refractivity contribution < 1.29 is 9.18 Å². The summed E-state index contributed by atoms with van der Waals surface area (Å²) >= 11 is 1.78. The molecule has 1 amide bonds. The van der Waals surface area contributed by atoms with E-state index in [1.54, 1.807) is 40.4 Å². The Morgan fingerprint density at radius 1 is 1.19 bits per heavy atom. The van der Waals surface area contributed by atoms with Crippen LogP contribution in [0.5, 0.6) is 0 Å². The number of para-hydroxylation sites is 1. The van der Waals surface area contributed by atoms with Crippen molar-refractivity contribution in [3.05, 3.63) is 66.0 Å². The molecule has 5 nitrogen and oxygen atoms in total. The molecule has 7 heteroatoms. The van der Waals surface area contributed by atoms with Gasteiger partial charge in [-0.15, -0.1) is 16.9 Å². The van der Waals surface area contributed by atoms with Crippen molar-refractivity contribution in [1.82, 2.24) is 14.8 Å². The van der Waals surface area contributed by atoms with Gasteiger partial charge in [0.05, 0.1) is 11.4 Å². The van der Waals surface area contributed by atoms with E-state index < -0.39 is 0 Å². The number of hydrogen-bond acceptors (Lipinski definition) is 4. The van der Waals surface area contributed by atoms with Gasteiger partial charge >= 0.3 is 0 Å². The molecule has 0 aliphatic carbocycles. The standard InChI is InChI=1S/C20H19FN4OS/c1-13-11-12-24(17-5-3-4-6-18(17)27-13)20(26)19-22-14(2)25(23-19)16-9-7-15(21)8-10-16/h3-10,13H,11-12H2,1-2H3/t13-/m0/s1. The number of hydrogen-bond donors (Lipinski definition) is 0. The molecular weight excluding hydrogens is 363 g/mol. The predicted octanol–water partition coefficient (Wildman–Crippen LogP) is 4.25. The Labute approximate surface area is 161 Å². The van der Waals surface area contributed by atoms with Crippen LogP contribution in [0.4, 0.5) is 10.1 Å². The summed E-state index contributed by atoms with van der Waals surface area (Å²) in [6, 6.07) is 13.9. The Morgan fingerprint density at radius 2 is 1.93 bits per heavy atom. The van der Waals surface area contributed by atoms with Crippen LogP contribution in [0.15, 0.2) is 53.4 Å². The Balaban J connectivity index is 1.69. The van der Waals surface area contributed by atoms with E-state index in [1.165, 1.54) is 12.1 Å². The number of nitrogens with zero attached hydrogens (tertiary/aromatic N) is 4. The highest BCUT2D eigenvalue weighted by atomic mass is 32.2. The van der Waals surface area contributed by atoms with Crippen LogP contribution in [0.1, 0.15) is 29.8 Å². The van der Waals surface area contributed by atoms with Crippen molar-refractivity contribution in [3.63, 3.8) is 0 Å². The molecule has 0 saturated carbocycles. The van der Waals surface area contributed by atoms with Gasteiger partial charge < -0.3 is 4.90 Å². The minimum absolute atomic E-state index is 0.145. The van der Waals surface area contributed by atoms with Crippen molar-refractivity contribution in [2.45, 2.75) is 30.4 Å². The fraction of sp³-hybridized carbons (Fsp3) is 0.250. The predicted molar refractivity (Wildman–Crippen MR) is 104 cm³/mol. The van der Waals surface area contributed by atoms with Crippen molar-refractivity contribution in [2.75, 3.05) is 11.4 Å². The first kappa shape index (κ1) is 17.7. The average Bonchev–Trinajstić information content (AvgIpc) is 2.96. The molecule has 3 aromatic rings. The zero-order valence-corrected chi connectivity index (χ0v) is 15.9. The molecule has 4 rings (SSSR count). The number of anilines is 1. The van der Waals surface area contributed by atoms with Crippen LogP contribution in [-0.2, 0) is 0 Å². The summed E-state index contributed by atoms with van der Waals surface area (Å²) < 4.78 is 14.7. The topological polar surface area (TPSA) is 51.0 Å². The Kier molecular flexibility index (Phi) is 4.70. The van der Waals surface area contributed by atoms with Gasteiger partial charge in [-0.05, 0) is 49.7 Å². The minimum Gasteiger partial charge on any atom is -0.304 e. The number of benzene rings is 2. The lowest BCUT2D eigenvalue weighted by molar-refractivity contribution is 0.0976. The monoisotopic (exact) mass is 382 g/mol. The van der Waals surface area contributed by atoms with E-state index in [1.807, 2.05) is 24.3 Å². The Bertz CT molecular complexity index is 986. The van der Waals surface area contributed by atoms with E-state index in [2.05, 4.69) is 17.0 Å². The molecule has 1 aliphatic heterocycles. The molecule has 2 aromatic carbocycles. The largest absolute Gasteiger partial charge is 0.304 e. The summed E-state index contributed by atoms with van der Waals surface area (Å²) in [7, 11) is 0. The molecule has 0 N–H and O–H groups in total. The van der Waals surface area contributed by atoms with Crippen LogP contribution in [-0.4, -0.2) is 32.5 Å². The van der Waals surface area contributed by atoms with Crippen LogP contribution in [0.25, 0.3) is 5.69 Å². The fourth-order valence-corrected chi connectivity index (χ4v) is 4.24. The Morgan fingerprint density at radius 3 is 2.70 bits per heavy atom. The summed E-state index contributed by atoms with van der Waals surface area (Å²) in [4.78, 5) is 20.4. The van der Waals surface area contributed by atoms with Crippen LogP contribution in [0.2, 0.25) is 0 Å². The maximum atomic E-state index is 13.2. The third-order valence-electron chi connectivity index (χ3n) is 4.52. The lowest BCUT2D eigenvalue weighted by Crippen LogP contribution is -2.33. The quantitative estimate of drug-likeness (QED) is 0.665. The molecule has 0 unspecified atom stereocenters. The first-order valence-electron chi connectivity index (χ1n) is 8.80. The molecule has 0 spiro atoms. The third kappa shape index (κ3) is 3.47. The van der Waals surface area contributed by atoms with Gasteiger partial charge in [-0.1, -0.05) is 19.1 Å². The van der Waals surface area contributed by atoms with Crippen LogP contribution >= 0.6 is 11.8 Å². The SMILES string of the molecule is Cc1nc(C(=O)N2CC[C@H](C)Sc3ccccc32)nn1-c1ccc(F)cc1. The zero-order chi connectivity index (χ0) is 19.0. The van der Waals surface area contributed by atoms with Crippen LogP contribution in [0, 0.1) is 12.7 Å². The zero-order valence-electron chi connectivity index (χ0n) is 15.1. The summed E-state index contributed by atoms with van der Waals surface area (Å²) in [5.41, 5.74) is 1.56. The van der Waals surface area contributed by atoms with Crippen molar-refractivity contribution in [1.29, 1.82) is 0 Å². The number of amides is 1. The van der Waals surface area contributed by atoms with Crippen molar-refractivity contribution in [2.24, 2.45) is 0 Å². The van der Waals surface area contributed by atoms with E-state index in [0.717, 1.165) is 17.0 Å². The second-order valence-corrected chi connectivity index (χ2v) is 7.99.